The van der Waals surface area contributed by atoms with Gasteiger partial charge in [0.05, 0.1) is 5.69 Å². The van der Waals surface area contributed by atoms with Crippen LogP contribution in [0.3, 0.4) is 0 Å². The average molecular weight is 263 g/mol. The topological polar surface area (TPSA) is 46.1 Å². The maximum Gasteiger partial charge on any atom is 0.267 e. The fourth-order valence-corrected chi connectivity index (χ4v) is 4.37. The molecule has 2 heterocycles. The van der Waals surface area contributed by atoms with Gasteiger partial charge in [0.25, 0.3) is 5.91 Å². The van der Waals surface area contributed by atoms with E-state index in [1.165, 1.54) is 43.6 Å². The number of carbonyl (C=O) groups is 1. The zero-order chi connectivity index (χ0) is 12.3. The van der Waals surface area contributed by atoms with Crippen molar-refractivity contribution in [3.05, 3.63) is 10.6 Å². The Balaban J connectivity index is 1.59. The lowest BCUT2D eigenvalue weighted by atomic mass is 9.56. The van der Waals surface area contributed by atoms with E-state index in [-0.39, 0.29) is 5.91 Å². The van der Waals surface area contributed by atoms with E-state index in [9.17, 15) is 4.79 Å². The van der Waals surface area contributed by atoms with E-state index in [0.717, 1.165) is 23.0 Å². The van der Waals surface area contributed by atoms with Gasteiger partial charge in [0.15, 0.2) is 0 Å². The van der Waals surface area contributed by atoms with Crippen molar-refractivity contribution in [1.82, 2.24) is 14.5 Å². The van der Waals surface area contributed by atoms with Crippen molar-refractivity contribution in [2.45, 2.75) is 45.1 Å². The molecule has 3 aliphatic rings. The van der Waals surface area contributed by atoms with Crippen molar-refractivity contribution >= 4 is 17.4 Å². The molecule has 1 unspecified atom stereocenters. The van der Waals surface area contributed by atoms with Gasteiger partial charge >= 0.3 is 0 Å². The highest BCUT2D eigenvalue weighted by atomic mass is 32.1. The summed E-state index contributed by atoms with van der Waals surface area (Å²) in [5.41, 5.74) is 1.29. The van der Waals surface area contributed by atoms with Gasteiger partial charge in [-0.15, -0.1) is 5.10 Å². The van der Waals surface area contributed by atoms with E-state index in [1.54, 1.807) is 0 Å². The minimum Gasteiger partial charge on any atom is -0.333 e. The average Bonchev–Trinajstić information content (AvgIpc) is 2.96. The second-order valence-electron chi connectivity index (χ2n) is 6.12. The zero-order valence-corrected chi connectivity index (χ0v) is 11.4. The second-order valence-corrected chi connectivity index (χ2v) is 6.87. The maximum absolute atomic E-state index is 12.5. The molecule has 1 aliphatic heterocycles. The Kier molecular flexibility index (Phi) is 2.14. The predicted molar refractivity (Wildman–Crippen MR) is 68.5 cm³/mol. The fraction of sp³-hybridized carbons (Fsp3) is 0.769. The minimum atomic E-state index is 0.178. The Morgan fingerprint density at radius 1 is 1.44 bits per heavy atom. The normalized spacial score (nSPS) is 28.9. The van der Waals surface area contributed by atoms with Crippen LogP contribution in [0.1, 0.15) is 47.5 Å². The Bertz CT molecular complexity index is 504. The number of aromatic nitrogens is 2. The van der Waals surface area contributed by atoms with Crippen LogP contribution in [0.2, 0.25) is 0 Å². The van der Waals surface area contributed by atoms with Crippen LogP contribution < -0.4 is 0 Å². The quantitative estimate of drug-likeness (QED) is 0.822. The molecule has 0 N–H and O–H groups in total. The smallest absolute Gasteiger partial charge is 0.267 e. The molecule has 2 saturated carbocycles. The van der Waals surface area contributed by atoms with Crippen LogP contribution in [0, 0.1) is 18.3 Å². The first-order valence-electron chi connectivity index (χ1n) is 6.81. The van der Waals surface area contributed by atoms with Crippen molar-refractivity contribution in [3.8, 4) is 0 Å². The SMILES string of the molecule is Cc1nnsc1C(=O)N1CC2(CCC2)C1C1CC1. The molecule has 96 valence electrons. The molecule has 0 radical (unpaired) electrons. The third-order valence-electron chi connectivity index (χ3n) is 4.97. The summed E-state index contributed by atoms with van der Waals surface area (Å²) in [5.74, 6) is 0.959. The largest absolute Gasteiger partial charge is 0.333 e. The molecule has 5 heteroatoms. The highest BCUT2D eigenvalue weighted by Gasteiger charge is 2.61. The lowest BCUT2D eigenvalue weighted by Gasteiger charge is -2.62. The van der Waals surface area contributed by atoms with Gasteiger partial charge in [-0.1, -0.05) is 10.9 Å². The summed E-state index contributed by atoms with van der Waals surface area (Å²) in [7, 11) is 0. The molecule has 1 aromatic heterocycles. The first kappa shape index (κ1) is 10.9. The van der Waals surface area contributed by atoms with Crippen molar-refractivity contribution in [2.24, 2.45) is 11.3 Å². The summed E-state index contributed by atoms with van der Waals surface area (Å²) in [5, 5.41) is 3.96. The summed E-state index contributed by atoms with van der Waals surface area (Å²) in [4.78, 5) is 15.4. The van der Waals surface area contributed by atoms with E-state index in [2.05, 4.69) is 14.5 Å². The first-order chi connectivity index (χ1) is 8.71. The zero-order valence-electron chi connectivity index (χ0n) is 10.6. The molecule has 4 rings (SSSR count). The lowest BCUT2D eigenvalue weighted by Crippen LogP contribution is -2.69. The number of hydrogen-bond acceptors (Lipinski definition) is 4. The van der Waals surface area contributed by atoms with Gasteiger partial charge in [-0.3, -0.25) is 4.79 Å². The van der Waals surface area contributed by atoms with Crippen LogP contribution >= 0.6 is 11.5 Å². The number of rotatable bonds is 2. The highest BCUT2D eigenvalue weighted by molar-refractivity contribution is 7.07. The molecule has 18 heavy (non-hydrogen) atoms. The predicted octanol–water partition coefficient (Wildman–Crippen LogP) is 2.25. The number of aryl methyl sites for hydroxylation is 1. The molecule has 4 nitrogen and oxygen atoms in total. The molecule has 0 aromatic carbocycles. The van der Waals surface area contributed by atoms with Crippen LogP contribution in [-0.2, 0) is 0 Å². The molecule has 3 fully saturated rings. The molecule has 0 bridgehead atoms. The van der Waals surface area contributed by atoms with E-state index in [0.29, 0.717) is 11.5 Å². The monoisotopic (exact) mass is 263 g/mol. The second kappa shape index (κ2) is 3.53. The summed E-state index contributed by atoms with van der Waals surface area (Å²) in [6.45, 7) is 2.85. The van der Waals surface area contributed by atoms with E-state index < -0.39 is 0 Å². The van der Waals surface area contributed by atoms with E-state index in [1.807, 2.05) is 6.92 Å². The Morgan fingerprint density at radius 2 is 2.22 bits per heavy atom. The Hall–Kier alpha value is -0.970. The summed E-state index contributed by atoms with van der Waals surface area (Å²) in [6.07, 6.45) is 6.65. The Labute approximate surface area is 111 Å². The number of nitrogens with zero attached hydrogens (tertiary/aromatic N) is 3. The molecular formula is C13H17N3OS. The molecule has 1 spiro atoms. The Morgan fingerprint density at radius 3 is 2.72 bits per heavy atom. The third-order valence-corrected chi connectivity index (χ3v) is 5.79. The van der Waals surface area contributed by atoms with Gasteiger partial charge in [0, 0.05) is 18.0 Å². The maximum atomic E-state index is 12.5. The molecule has 1 aromatic rings. The van der Waals surface area contributed by atoms with Crippen molar-refractivity contribution in [2.75, 3.05) is 6.54 Å². The molecule has 2 aliphatic carbocycles. The molecule has 1 saturated heterocycles. The van der Waals surface area contributed by atoms with Crippen LogP contribution in [0.15, 0.2) is 0 Å². The summed E-state index contributed by atoms with van der Waals surface area (Å²) in [6, 6.07) is 0.528. The van der Waals surface area contributed by atoms with Gasteiger partial charge < -0.3 is 4.90 Å². The standard InChI is InChI=1S/C13H17N3OS/c1-8-10(18-15-14-8)12(17)16-7-13(5-2-6-13)11(16)9-3-4-9/h9,11H,2-7H2,1H3. The fourth-order valence-electron chi connectivity index (χ4n) is 3.76. The summed E-state index contributed by atoms with van der Waals surface area (Å²) >= 11 is 1.24. The van der Waals surface area contributed by atoms with Gasteiger partial charge in [-0.05, 0) is 50.1 Å². The van der Waals surface area contributed by atoms with Crippen LogP contribution in [0.4, 0.5) is 0 Å². The van der Waals surface area contributed by atoms with Gasteiger partial charge in [-0.25, -0.2) is 0 Å². The number of hydrogen-bond donors (Lipinski definition) is 0. The first-order valence-corrected chi connectivity index (χ1v) is 7.59. The van der Waals surface area contributed by atoms with E-state index >= 15 is 0 Å². The minimum absolute atomic E-state index is 0.178. The van der Waals surface area contributed by atoms with Crippen molar-refractivity contribution < 1.29 is 4.79 Å². The molecule has 1 amide bonds. The summed E-state index contributed by atoms with van der Waals surface area (Å²) < 4.78 is 3.88. The van der Waals surface area contributed by atoms with Gasteiger partial charge in [0.2, 0.25) is 0 Å². The van der Waals surface area contributed by atoms with Crippen molar-refractivity contribution in [1.29, 1.82) is 0 Å². The number of amides is 1. The van der Waals surface area contributed by atoms with Crippen molar-refractivity contribution in [3.63, 3.8) is 0 Å². The van der Waals surface area contributed by atoms with E-state index in [4.69, 9.17) is 0 Å². The van der Waals surface area contributed by atoms with Crippen LogP contribution in [0.25, 0.3) is 0 Å². The highest BCUT2D eigenvalue weighted by Crippen LogP contribution is 2.59. The van der Waals surface area contributed by atoms with Gasteiger partial charge in [0.1, 0.15) is 4.88 Å². The molecular weight excluding hydrogens is 246 g/mol. The third kappa shape index (κ3) is 1.34. The number of carbonyl (C=O) groups excluding carboxylic acids is 1. The van der Waals surface area contributed by atoms with Crippen LogP contribution in [0.5, 0.6) is 0 Å². The number of likely N-dealkylation sites (tertiary alicyclic amines) is 1. The molecule has 1 atom stereocenters. The van der Waals surface area contributed by atoms with Gasteiger partial charge in [-0.2, -0.15) is 0 Å². The van der Waals surface area contributed by atoms with Crippen LogP contribution in [-0.4, -0.2) is 33.0 Å². The lowest BCUT2D eigenvalue weighted by molar-refractivity contribution is -0.111.